The molecule has 0 unspecified atom stereocenters. The smallest absolute Gasteiger partial charge is 0.145 e. The Bertz CT molecular complexity index is 675. The maximum Gasteiger partial charge on any atom is 0.145 e. The molecule has 2 rings (SSSR count). The maximum absolute atomic E-state index is 6.54. The minimum Gasteiger partial charge on any atom is -0.493 e. The second-order valence-electron chi connectivity index (χ2n) is 6.95. The van der Waals surface area contributed by atoms with Crippen molar-refractivity contribution in [1.29, 1.82) is 0 Å². The van der Waals surface area contributed by atoms with Crippen LogP contribution in [0.2, 0.25) is 5.02 Å². The summed E-state index contributed by atoms with van der Waals surface area (Å²) in [6.07, 6.45) is 10.9. The van der Waals surface area contributed by atoms with Crippen LogP contribution in [0.3, 0.4) is 0 Å². The number of fused-ring (bicyclic) bond motifs is 1. The Morgan fingerprint density at radius 2 is 1.44 bits per heavy atom. The van der Waals surface area contributed by atoms with Crippen molar-refractivity contribution in [3.63, 3.8) is 0 Å². The van der Waals surface area contributed by atoms with Crippen LogP contribution in [-0.2, 0) is 0 Å². The predicted octanol–water partition coefficient (Wildman–Crippen LogP) is 8.18. The van der Waals surface area contributed by atoms with Crippen molar-refractivity contribution in [3.8, 4) is 11.5 Å². The average molecular weight is 456 g/mol. The van der Waals surface area contributed by atoms with E-state index in [-0.39, 0.29) is 0 Å². The van der Waals surface area contributed by atoms with E-state index in [1.807, 2.05) is 18.2 Å². The van der Waals surface area contributed by atoms with E-state index in [9.17, 15) is 0 Å². The maximum atomic E-state index is 6.54. The van der Waals surface area contributed by atoms with E-state index in [0.717, 1.165) is 46.9 Å². The fraction of sp³-hybridized carbons (Fsp3) is 0.565. The van der Waals surface area contributed by atoms with Gasteiger partial charge in [-0.3, -0.25) is 0 Å². The van der Waals surface area contributed by atoms with Gasteiger partial charge in [0.1, 0.15) is 11.5 Å². The largest absolute Gasteiger partial charge is 0.493 e. The first-order chi connectivity index (χ1) is 13.3. The lowest BCUT2D eigenvalue weighted by Gasteiger charge is -2.15. The summed E-state index contributed by atoms with van der Waals surface area (Å²) < 4.78 is 12.1. The molecule has 0 spiro atoms. The van der Waals surface area contributed by atoms with Crippen LogP contribution in [0.25, 0.3) is 10.8 Å². The highest BCUT2D eigenvalue weighted by molar-refractivity contribution is 9.09. The first-order valence-corrected chi connectivity index (χ1v) is 11.8. The van der Waals surface area contributed by atoms with E-state index < -0.39 is 0 Å². The Kier molecular flexibility index (Phi) is 11.0. The van der Waals surface area contributed by atoms with Crippen molar-refractivity contribution in [2.45, 2.75) is 64.7 Å². The highest BCUT2D eigenvalue weighted by Gasteiger charge is 2.13. The average Bonchev–Trinajstić information content (AvgIpc) is 2.69. The lowest BCUT2D eigenvalue weighted by Crippen LogP contribution is -2.01. The van der Waals surface area contributed by atoms with Crippen LogP contribution in [0.1, 0.15) is 64.7 Å². The summed E-state index contributed by atoms with van der Waals surface area (Å²) in [5.41, 5.74) is 0. The van der Waals surface area contributed by atoms with Gasteiger partial charge in [-0.05, 0) is 25.7 Å². The van der Waals surface area contributed by atoms with Gasteiger partial charge in [0, 0.05) is 22.2 Å². The molecule has 4 heteroatoms. The van der Waals surface area contributed by atoms with Crippen molar-refractivity contribution in [2.75, 3.05) is 18.5 Å². The number of hydrogen-bond donors (Lipinski definition) is 0. The van der Waals surface area contributed by atoms with E-state index >= 15 is 0 Å². The van der Waals surface area contributed by atoms with E-state index in [4.69, 9.17) is 21.1 Å². The zero-order valence-corrected chi connectivity index (χ0v) is 18.8. The Morgan fingerprint density at radius 3 is 2.19 bits per heavy atom. The molecule has 2 nitrogen and oxygen atoms in total. The molecular weight excluding hydrogens is 424 g/mol. The first kappa shape index (κ1) is 22.4. The molecule has 0 heterocycles. The van der Waals surface area contributed by atoms with Gasteiger partial charge in [-0.25, -0.2) is 0 Å². The van der Waals surface area contributed by atoms with E-state index in [2.05, 4.69) is 35.0 Å². The van der Waals surface area contributed by atoms with Gasteiger partial charge in [0.2, 0.25) is 0 Å². The molecule has 0 saturated heterocycles. The number of hydrogen-bond acceptors (Lipinski definition) is 2. The van der Waals surface area contributed by atoms with E-state index in [0.29, 0.717) is 18.2 Å². The summed E-state index contributed by atoms with van der Waals surface area (Å²) in [7, 11) is 0. The second kappa shape index (κ2) is 13.3. The second-order valence-corrected chi connectivity index (χ2v) is 8.15. The molecule has 0 N–H and O–H groups in total. The van der Waals surface area contributed by atoms with Crippen LogP contribution in [0.15, 0.2) is 30.3 Å². The minimum atomic E-state index is 0.634. The third-order valence-electron chi connectivity index (χ3n) is 4.69. The van der Waals surface area contributed by atoms with Crippen molar-refractivity contribution in [3.05, 3.63) is 35.4 Å². The number of unbranched alkanes of at least 4 members (excludes halogenated alkanes) is 7. The number of rotatable bonds is 14. The van der Waals surface area contributed by atoms with Gasteiger partial charge in [0.25, 0.3) is 0 Å². The molecule has 150 valence electrons. The highest BCUT2D eigenvalue weighted by atomic mass is 79.9. The molecule has 2 aromatic rings. The van der Waals surface area contributed by atoms with Crippen molar-refractivity contribution in [2.24, 2.45) is 0 Å². The van der Waals surface area contributed by atoms with Gasteiger partial charge in [-0.1, -0.05) is 90.8 Å². The molecule has 2 aromatic carbocycles. The quantitative estimate of drug-likeness (QED) is 0.211. The lowest BCUT2D eigenvalue weighted by atomic mass is 10.1. The lowest BCUT2D eigenvalue weighted by molar-refractivity contribution is 0.302. The molecule has 0 amide bonds. The first-order valence-electron chi connectivity index (χ1n) is 10.3. The van der Waals surface area contributed by atoms with Crippen molar-refractivity contribution >= 4 is 38.3 Å². The van der Waals surface area contributed by atoms with Crippen LogP contribution >= 0.6 is 27.5 Å². The summed E-state index contributed by atoms with van der Waals surface area (Å²) in [4.78, 5) is 0. The molecule has 0 radical (unpaired) electrons. The van der Waals surface area contributed by atoms with Gasteiger partial charge in [-0.15, -0.1) is 0 Å². The molecule has 0 saturated carbocycles. The Morgan fingerprint density at radius 1 is 0.815 bits per heavy atom. The number of halogens is 2. The Hall–Kier alpha value is -0.930. The third-order valence-corrected chi connectivity index (χ3v) is 5.53. The Labute approximate surface area is 177 Å². The number of ether oxygens (including phenoxy) is 2. The molecule has 0 aliphatic carbocycles. The van der Waals surface area contributed by atoms with E-state index in [1.165, 1.54) is 38.5 Å². The van der Waals surface area contributed by atoms with Crippen LogP contribution in [0.4, 0.5) is 0 Å². The summed E-state index contributed by atoms with van der Waals surface area (Å²) in [6.45, 7) is 3.67. The monoisotopic (exact) mass is 454 g/mol. The zero-order chi connectivity index (χ0) is 19.3. The minimum absolute atomic E-state index is 0.634. The van der Waals surface area contributed by atoms with Crippen molar-refractivity contribution in [1.82, 2.24) is 0 Å². The van der Waals surface area contributed by atoms with Crippen LogP contribution < -0.4 is 9.47 Å². The molecule has 0 aliphatic rings. The molecule has 0 aromatic heterocycles. The summed E-state index contributed by atoms with van der Waals surface area (Å²) >= 11 is 10.0. The van der Waals surface area contributed by atoms with Gasteiger partial charge in [0.05, 0.1) is 18.2 Å². The van der Waals surface area contributed by atoms with Gasteiger partial charge in [0.15, 0.2) is 0 Å². The van der Waals surface area contributed by atoms with Crippen LogP contribution in [0.5, 0.6) is 11.5 Å². The normalized spacial score (nSPS) is 11.1. The molecule has 0 atom stereocenters. The van der Waals surface area contributed by atoms with Crippen LogP contribution in [0, 0.1) is 0 Å². The van der Waals surface area contributed by atoms with Crippen LogP contribution in [-0.4, -0.2) is 18.5 Å². The van der Waals surface area contributed by atoms with Gasteiger partial charge in [-0.2, -0.15) is 0 Å². The third kappa shape index (κ3) is 7.54. The van der Waals surface area contributed by atoms with E-state index in [1.54, 1.807) is 0 Å². The summed E-state index contributed by atoms with van der Waals surface area (Å²) in [5, 5.41) is 3.79. The molecular formula is C23H32BrClO2. The summed E-state index contributed by atoms with van der Waals surface area (Å²) in [5.74, 6) is 1.63. The fourth-order valence-corrected chi connectivity index (χ4v) is 3.81. The fourth-order valence-electron chi connectivity index (χ4n) is 3.16. The standard InChI is InChI=1S/C23H32BrClO2/c1-2-3-4-5-6-11-17-27-23-20-14-9-8-13-19(20)22(18-21(23)25)26-16-12-7-10-15-24/h8-9,13-14,18H,2-7,10-12,15-17H2,1H3. The number of benzene rings is 2. The Balaban J connectivity index is 1.97. The SMILES string of the molecule is CCCCCCCCOc1c(Cl)cc(OCCCCCBr)c2ccccc12. The number of alkyl halides is 1. The highest BCUT2D eigenvalue weighted by Crippen LogP contribution is 2.39. The van der Waals surface area contributed by atoms with Gasteiger partial charge < -0.3 is 9.47 Å². The molecule has 0 fully saturated rings. The van der Waals surface area contributed by atoms with Gasteiger partial charge >= 0.3 is 0 Å². The topological polar surface area (TPSA) is 18.5 Å². The summed E-state index contributed by atoms with van der Waals surface area (Å²) in [6, 6.07) is 10.1. The molecule has 0 aliphatic heterocycles. The molecule has 0 bridgehead atoms. The zero-order valence-electron chi connectivity index (χ0n) is 16.4. The molecule has 27 heavy (non-hydrogen) atoms. The van der Waals surface area contributed by atoms with Crippen molar-refractivity contribution < 1.29 is 9.47 Å². The predicted molar refractivity (Wildman–Crippen MR) is 121 cm³/mol.